The summed E-state index contributed by atoms with van der Waals surface area (Å²) in [5.41, 5.74) is 5.58. The topological polar surface area (TPSA) is 56.7 Å². The molecule has 5 heteroatoms. The zero-order valence-electron chi connectivity index (χ0n) is 10.0. The van der Waals surface area contributed by atoms with Crippen LogP contribution in [0.2, 0.25) is 0 Å². The Morgan fingerprint density at radius 3 is 2.56 bits per heavy atom. The van der Waals surface area contributed by atoms with Crippen LogP contribution in [0.3, 0.4) is 0 Å². The van der Waals surface area contributed by atoms with Crippen LogP contribution < -0.4 is 5.73 Å². The maximum atomic E-state index is 5.58. The maximum Gasteiger partial charge on any atom is 0.191 e. The highest BCUT2D eigenvalue weighted by Crippen LogP contribution is 2.34. The Hall–Kier alpha value is -0.550. The zero-order valence-corrected chi connectivity index (χ0v) is 10.8. The molecule has 16 heavy (non-hydrogen) atoms. The van der Waals surface area contributed by atoms with Crippen molar-refractivity contribution in [1.29, 1.82) is 0 Å². The highest BCUT2D eigenvalue weighted by molar-refractivity contribution is 7.99. The van der Waals surface area contributed by atoms with Gasteiger partial charge in [-0.1, -0.05) is 18.7 Å². The van der Waals surface area contributed by atoms with Crippen LogP contribution in [0.1, 0.15) is 38.4 Å². The van der Waals surface area contributed by atoms with Crippen LogP contribution in [0, 0.1) is 5.92 Å². The molecule has 0 aliphatic heterocycles. The van der Waals surface area contributed by atoms with Gasteiger partial charge in [-0.3, -0.25) is 0 Å². The third-order valence-electron chi connectivity index (χ3n) is 3.34. The van der Waals surface area contributed by atoms with Gasteiger partial charge < -0.3 is 10.3 Å². The molecule has 0 saturated heterocycles. The Morgan fingerprint density at radius 2 is 2.00 bits per heavy atom. The Labute approximate surface area is 101 Å². The molecule has 4 nitrogen and oxygen atoms in total. The summed E-state index contributed by atoms with van der Waals surface area (Å²) in [6, 6.07) is 0. The second kappa shape index (κ2) is 5.19. The zero-order chi connectivity index (χ0) is 11.5. The summed E-state index contributed by atoms with van der Waals surface area (Å²) in [4.78, 5) is 0. The van der Waals surface area contributed by atoms with Gasteiger partial charge in [-0.15, -0.1) is 10.2 Å². The van der Waals surface area contributed by atoms with E-state index in [2.05, 4.69) is 17.1 Å². The third kappa shape index (κ3) is 2.58. The molecule has 0 spiro atoms. The molecule has 2 rings (SSSR count). The Kier molecular flexibility index (Phi) is 3.86. The van der Waals surface area contributed by atoms with Crippen LogP contribution in [0.15, 0.2) is 5.16 Å². The number of thioether (sulfide) groups is 1. The Morgan fingerprint density at radius 1 is 1.31 bits per heavy atom. The summed E-state index contributed by atoms with van der Waals surface area (Å²) in [5, 5.41) is 10.0. The first-order chi connectivity index (χ1) is 7.70. The van der Waals surface area contributed by atoms with Gasteiger partial charge in [-0.2, -0.15) is 0 Å². The van der Waals surface area contributed by atoms with E-state index in [1.807, 2.05) is 23.4 Å². The third-order valence-corrected chi connectivity index (χ3v) is 4.71. The van der Waals surface area contributed by atoms with Gasteiger partial charge in [0.15, 0.2) is 5.16 Å². The van der Waals surface area contributed by atoms with Gasteiger partial charge >= 0.3 is 0 Å². The number of hydrogen-bond acceptors (Lipinski definition) is 4. The molecular weight excluding hydrogens is 220 g/mol. The fourth-order valence-corrected chi connectivity index (χ4v) is 3.28. The molecule has 1 fully saturated rings. The lowest BCUT2D eigenvalue weighted by Crippen LogP contribution is -2.15. The van der Waals surface area contributed by atoms with Crippen LogP contribution in [0.5, 0.6) is 0 Å². The largest absolute Gasteiger partial charge is 0.324 e. The SMILES string of the molecule is CC1CCC(Sc2nnc(CN)n2C)CC1. The quantitative estimate of drug-likeness (QED) is 0.877. The van der Waals surface area contributed by atoms with E-state index in [1.165, 1.54) is 25.7 Å². The Balaban J connectivity index is 1.96. The first kappa shape index (κ1) is 11.9. The summed E-state index contributed by atoms with van der Waals surface area (Å²) in [6.07, 6.45) is 5.30. The van der Waals surface area contributed by atoms with Crippen molar-refractivity contribution in [2.45, 2.75) is 49.6 Å². The molecule has 0 aromatic carbocycles. The fourth-order valence-electron chi connectivity index (χ4n) is 2.12. The second-order valence-corrected chi connectivity index (χ2v) is 5.93. The molecule has 1 aliphatic carbocycles. The number of rotatable bonds is 3. The van der Waals surface area contributed by atoms with Crippen molar-refractivity contribution in [3.63, 3.8) is 0 Å². The lowest BCUT2D eigenvalue weighted by Gasteiger charge is -2.24. The molecule has 90 valence electrons. The van der Waals surface area contributed by atoms with E-state index >= 15 is 0 Å². The predicted octanol–water partition coefficient (Wildman–Crippen LogP) is 1.94. The highest BCUT2D eigenvalue weighted by Gasteiger charge is 2.21. The molecule has 0 radical (unpaired) electrons. The van der Waals surface area contributed by atoms with Crippen molar-refractivity contribution in [1.82, 2.24) is 14.8 Å². The minimum atomic E-state index is 0.464. The average Bonchev–Trinajstić information content (AvgIpc) is 2.63. The molecule has 1 aromatic heterocycles. The summed E-state index contributed by atoms with van der Waals surface area (Å²) < 4.78 is 2.02. The lowest BCUT2D eigenvalue weighted by atomic mass is 9.91. The summed E-state index contributed by atoms with van der Waals surface area (Å²) in [6.45, 7) is 2.81. The van der Waals surface area contributed by atoms with Gasteiger partial charge in [0.1, 0.15) is 5.82 Å². The lowest BCUT2D eigenvalue weighted by molar-refractivity contribution is 0.392. The van der Waals surface area contributed by atoms with Crippen LogP contribution in [-0.4, -0.2) is 20.0 Å². The van der Waals surface area contributed by atoms with Gasteiger partial charge in [0.05, 0.1) is 6.54 Å². The van der Waals surface area contributed by atoms with Gasteiger partial charge in [0.25, 0.3) is 0 Å². The van der Waals surface area contributed by atoms with Crippen molar-refractivity contribution in [3.8, 4) is 0 Å². The van der Waals surface area contributed by atoms with Crippen molar-refractivity contribution in [2.75, 3.05) is 0 Å². The number of nitrogens with two attached hydrogens (primary N) is 1. The van der Waals surface area contributed by atoms with Gasteiger partial charge in [-0.25, -0.2) is 0 Å². The van der Waals surface area contributed by atoms with Crippen LogP contribution in [0.25, 0.3) is 0 Å². The van der Waals surface area contributed by atoms with Crippen LogP contribution in [-0.2, 0) is 13.6 Å². The standard InChI is InChI=1S/C11H20N4S/c1-8-3-5-9(6-4-8)16-11-14-13-10(7-12)15(11)2/h8-9H,3-7,12H2,1-2H3. The summed E-state index contributed by atoms with van der Waals surface area (Å²) in [7, 11) is 2.00. The number of hydrogen-bond donors (Lipinski definition) is 1. The molecule has 1 heterocycles. The van der Waals surface area contributed by atoms with Crippen molar-refractivity contribution >= 4 is 11.8 Å². The molecule has 0 amide bonds. The van der Waals surface area contributed by atoms with Crippen molar-refractivity contribution < 1.29 is 0 Å². The average molecular weight is 240 g/mol. The minimum absolute atomic E-state index is 0.464. The van der Waals surface area contributed by atoms with E-state index in [-0.39, 0.29) is 0 Å². The maximum absolute atomic E-state index is 5.58. The van der Waals surface area contributed by atoms with Crippen molar-refractivity contribution in [2.24, 2.45) is 18.7 Å². The van der Waals surface area contributed by atoms with Gasteiger partial charge in [0, 0.05) is 12.3 Å². The first-order valence-electron chi connectivity index (χ1n) is 5.95. The first-order valence-corrected chi connectivity index (χ1v) is 6.83. The molecule has 0 bridgehead atoms. The molecule has 1 aromatic rings. The molecule has 0 unspecified atom stereocenters. The number of nitrogens with zero attached hydrogens (tertiary/aromatic N) is 3. The monoisotopic (exact) mass is 240 g/mol. The number of aromatic nitrogens is 3. The predicted molar refractivity (Wildman–Crippen MR) is 66.2 cm³/mol. The van der Waals surface area contributed by atoms with E-state index < -0.39 is 0 Å². The summed E-state index contributed by atoms with van der Waals surface area (Å²) >= 11 is 1.86. The van der Waals surface area contributed by atoms with Crippen LogP contribution >= 0.6 is 11.8 Å². The van der Waals surface area contributed by atoms with E-state index in [0.717, 1.165) is 16.9 Å². The normalized spacial score (nSPS) is 25.9. The molecular formula is C11H20N4S. The molecule has 1 aliphatic rings. The Bertz CT molecular complexity index is 342. The van der Waals surface area contributed by atoms with Crippen LogP contribution in [0.4, 0.5) is 0 Å². The van der Waals surface area contributed by atoms with Gasteiger partial charge in [0.2, 0.25) is 0 Å². The van der Waals surface area contributed by atoms with Crippen molar-refractivity contribution in [3.05, 3.63) is 5.82 Å². The highest BCUT2D eigenvalue weighted by atomic mass is 32.2. The second-order valence-electron chi connectivity index (χ2n) is 4.66. The summed E-state index contributed by atoms with van der Waals surface area (Å²) in [5.74, 6) is 1.77. The van der Waals surface area contributed by atoms with E-state index in [1.54, 1.807) is 0 Å². The fraction of sp³-hybridized carbons (Fsp3) is 0.818. The van der Waals surface area contributed by atoms with Gasteiger partial charge in [-0.05, 0) is 31.6 Å². The smallest absolute Gasteiger partial charge is 0.191 e. The van der Waals surface area contributed by atoms with E-state index in [4.69, 9.17) is 5.73 Å². The van der Waals surface area contributed by atoms with E-state index in [9.17, 15) is 0 Å². The minimum Gasteiger partial charge on any atom is -0.324 e. The molecule has 0 atom stereocenters. The van der Waals surface area contributed by atoms with E-state index in [0.29, 0.717) is 11.8 Å². The molecule has 1 saturated carbocycles. The molecule has 2 N–H and O–H groups in total.